The van der Waals surface area contributed by atoms with Crippen LogP contribution in [-0.2, 0) is 14.3 Å². The number of aliphatic hydroxyl groups is 2. The van der Waals surface area contributed by atoms with E-state index < -0.39 is 12.1 Å². The van der Waals surface area contributed by atoms with Crippen LogP contribution >= 0.6 is 0 Å². The second-order valence-electron chi connectivity index (χ2n) is 17.9. The van der Waals surface area contributed by atoms with Gasteiger partial charge in [-0.1, -0.05) is 251 Å². The Morgan fingerprint density at radius 1 is 0.421 bits per heavy atom. The second kappa shape index (κ2) is 47.5. The Morgan fingerprint density at radius 3 is 1.07 bits per heavy atom. The van der Waals surface area contributed by atoms with Gasteiger partial charge in [0.25, 0.3) is 0 Å². The summed E-state index contributed by atoms with van der Waals surface area (Å²) in [6.45, 7) is 4.94. The van der Waals surface area contributed by atoms with Crippen LogP contribution in [0.25, 0.3) is 0 Å². The molecule has 6 nitrogen and oxygen atoms in total. The lowest BCUT2D eigenvalue weighted by Gasteiger charge is -2.22. The third-order valence-electron chi connectivity index (χ3n) is 12.2. The van der Waals surface area contributed by atoms with Crippen LogP contribution in [0.4, 0.5) is 0 Å². The van der Waals surface area contributed by atoms with E-state index >= 15 is 0 Å². The first-order valence-electron chi connectivity index (χ1n) is 25.8. The number of carbonyl (C=O) groups excluding carboxylic acids is 2. The van der Waals surface area contributed by atoms with Crippen molar-refractivity contribution in [2.24, 2.45) is 0 Å². The number of esters is 1. The van der Waals surface area contributed by atoms with Crippen molar-refractivity contribution in [3.05, 3.63) is 0 Å². The lowest BCUT2D eigenvalue weighted by molar-refractivity contribution is -0.143. The maximum atomic E-state index is 12.4. The maximum absolute atomic E-state index is 12.4. The van der Waals surface area contributed by atoms with Gasteiger partial charge in [-0.05, 0) is 25.7 Å². The topological polar surface area (TPSA) is 95.9 Å². The lowest BCUT2D eigenvalue weighted by Crippen LogP contribution is -2.45. The Kier molecular flexibility index (Phi) is 46.6. The van der Waals surface area contributed by atoms with E-state index in [0.717, 1.165) is 44.9 Å². The molecule has 0 saturated carbocycles. The smallest absolute Gasteiger partial charge is 0.305 e. The first-order chi connectivity index (χ1) is 28.0. The molecular formula is C51H101NO5. The molecule has 0 aliphatic heterocycles. The van der Waals surface area contributed by atoms with Gasteiger partial charge >= 0.3 is 5.97 Å². The van der Waals surface area contributed by atoms with E-state index in [2.05, 4.69) is 19.2 Å². The third kappa shape index (κ3) is 44.2. The molecule has 1 amide bonds. The highest BCUT2D eigenvalue weighted by Crippen LogP contribution is 2.17. The van der Waals surface area contributed by atoms with Crippen LogP contribution in [0.2, 0.25) is 0 Å². The van der Waals surface area contributed by atoms with Gasteiger partial charge in [0.2, 0.25) is 5.91 Å². The van der Waals surface area contributed by atoms with Gasteiger partial charge in [0.15, 0.2) is 0 Å². The van der Waals surface area contributed by atoms with E-state index in [4.69, 9.17) is 4.74 Å². The van der Waals surface area contributed by atoms with Gasteiger partial charge < -0.3 is 20.3 Å². The number of nitrogens with one attached hydrogen (secondary N) is 1. The Hall–Kier alpha value is -1.14. The van der Waals surface area contributed by atoms with Gasteiger partial charge in [0.1, 0.15) is 0 Å². The molecule has 3 N–H and O–H groups in total. The molecular weight excluding hydrogens is 707 g/mol. The van der Waals surface area contributed by atoms with Crippen molar-refractivity contribution in [1.29, 1.82) is 0 Å². The van der Waals surface area contributed by atoms with E-state index in [9.17, 15) is 19.8 Å². The summed E-state index contributed by atoms with van der Waals surface area (Å²) in [7, 11) is 0. The van der Waals surface area contributed by atoms with Gasteiger partial charge in [-0.3, -0.25) is 9.59 Å². The summed E-state index contributed by atoms with van der Waals surface area (Å²) < 4.78 is 5.46. The molecule has 0 rings (SSSR count). The van der Waals surface area contributed by atoms with Crippen LogP contribution in [0.5, 0.6) is 0 Å². The molecule has 0 aliphatic rings. The minimum atomic E-state index is -0.667. The molecule has 0 radical (unpaired) electrons. The van der Waals surface area contributed by atoms with Gasteiger partial charge in [0, 0.05) is 12.8 Å². The SMILES string of the molecule is CCCCCCCCCCCCCCCC(O)C(CO)NC(=O)CCCCCCCCCCCCCCCCCOC(=O)CCCCCCCCCCCCCC. The molecule has 0 heterocycles. The largest absolute Gasteiger partial charge is 0.466 e. The highest BCUT2D eigenvalue weighted by molar-refractivity contribution is 5.76. The van der Waals surface area contributed by atoms with Crippen molar-refractivity contribution in [2.75, 3.05) is 13.2 Å². The Balaban J connectivity index is 3.42. The van der Waals surface area contributed by atoms with E-state index in [1.165, 1.54) is 212 Å². The Labute approximate surface area is 356 Å². The number of unbranched alkanes of at least 4 members (excludes halogenated alkanes) is 37. The first kappa shape index (κ1) is 55.9. The highest BCUT2D eigenvalue weighted by Gasteiger charge is 2.20. The number of aliphatic hydroxyl groups excluding tert-OH is 2. The molecule has 0 saturated heterocycles. The first-order valence-corrected chi connectivity index (χ1v) is 25.8. The van der Waals surface area contributed by atoms with Crippen LogP contribution in [-0.4, -0.2) is 47.4 Å². The average molecular weight is 808 g/mol. The number of hydrogen-bond acceptors (Lipinski definition) is 5. The van der Waals surface area contributed by atoms with Crippen molar-refractivity contribution in [1.82, 2.24) is 5.32 Å². The molecule has 0 bridgehead atoms. The normalized spacial score (nSPS) is 12.6. The summed E-state index contributed by atoms with van der Waals surface area (Å²) in [5.74, 6) is -0.0404. The molecule has 6 heteroatoms. The van der Waals surface area contributed by atoms with Crippen LogP contribution < -0.4 is 5.32 Å². The zero-order valence-corrected chi connectivity index (χ0v) is 38.6. The quantitative estimate of drug-likeness (QED) is 0.0420. The summed E-state index contributed by atoms with van der Waals surface area (Å²) in [6, 6.07) is -0.545. The standard InChI is InChI=1S/C51H101NO5/c1-3-5-7-9-11-13-15-20-23-27-31-35-39-43-49(54)48(47-53)52-50(55)44-40-36-32-28-24-21-18-17-19-22-26-30-34-38-42-46-57-51(56)45-41-37-33-29-25-16-14-12-10-8-6-4-2/h48-49,53-54H,3-47H2,1-2H3,(H,52,55). The molecule has 2 unspecified atom stereocenters. The van der Waals surface area contributed by atoms with Crippen LogP contribution in [0.1, 0.15) is 290 Å². The molecule has 0 spiro atoms. The minimum Gasteiger partial charge on any atom is -0.466 e. The number of amides is 1. The van der Waals surface area contributed by atoms with E-state index in [-0.39, 0.29) is 18.5 Å². The predicted molar refractivity (Wildman–Crippen MR) is 246 cm³/mol. The Morgan fingerprint density at radius 2 is 0.719 bits per heavy atom. The van der Waals surface area contributed by atoms with Crippen LogP contribution in [0.15, 0.2) is 0 Å². The molecule has 0 aromatic carbocycles. The fourth-order valence-corrected chi connectivity index (χ4v) is 8.17. The maximum Gasteiger partial charge on any atom is 0.305 e. The molecule has 2 atom stereocenters. The molecule has 0 aromatic rings. The molecule has 0 aliphatic carbocycles. The van der Waals surface area contributed by atoms with E-state index in [0.29, 0.717) is 25.9 Å². The molecule has 0 aromatic heterocycles. The fraction of sp³-hybridized carbons (Fsp3) is 0.961. The molecule has 340 valence electrons. The molecule has 0 fully saturated rings. The summed E-state index contributed by atoms with van der Waals surface area (Å²) in [5.41, 5.74) is 0. The summed E-state index contributed by atoms with van der Waals surface area (Å²) in [5, 5.41) is 23.2. The fourth-order valence-electron chi connectivity index (χ4n) is 8.17. The lowest BCUT2D eigenvalue weighted by atomic mass is 10.0. The Bertz CT molecular complexity index is 806. The average Bonchev–Trinajstić information content (AvgIpc) is 3.21. The van der Waals surface area contributed by atoms with Crippen molar-refractivity contribution < 1.29 is 24.5 Å². The summed E-state index contributed by atoms with van der Waals surface area (Å²) in [6.07, 6.45) is 52.1. The zero-order chi connectivity index (χ0) is 41.5. The number of rotatable bonds is 48. The van der Waals surface area contributed by atoms with Crippen molar-refractivity contribution >= 4 is 11.9 Å². The van der Waals surface area contributed by atoms with E-state index in [1.54, 1.807) is 0 Å². The highest BCUT2D eigenvalue weighted by atomic mass is 16.5. The minimum absolute atomic E-state index is 0.00182. The van der Waals surface area contributed by atoms with E-state index in [1.807, 2.05) is 0 Å². The third-order valence-corrected chi connectivity index (χ3v) is 12.2. The summed E-state index contributed by atoms with van der Waals surface area (Å²) >= 11 is 0. The number of hydrogen-bond donors (Lipinski definition) is 3. The van der Waals surface area contributed by atoms with Crippen molar-refractivity contribution in [3.63, 3.8) is 0 Å². The molecule has 57 heavy (non-hydrogen) atoms. The van der Waals surface area contributed by atoms with Crippen LogP contribution in [0.3, 0.4) is 0 Å². The van der Waals surface area contributed by atoms with Gasteiger partial charge in [0.05, 0.1) is 25.4 Å². The summed E-state index contributed by atoms with van der Waals surface area (Å²) in [4.78, 5) is 24.4. The monoisotopic (exact) mass is 808 g/mol. The van der Waals surface area contributed by atoms with Crippen LogP contribution in [0, 0.1) is 0 Å². The van der Waals surface area contributed by atoms with Crippen molar-refractivity contribution in [3.8, 4) is 0 Å². The number of carbonyl (C=O) groups is 2. The zero-order valence-electron chi connectivity index (χ0n) is 38.6. The van der Waals surface area contributed by atoms with Gasteiger partial charge in [-0.25, -0.2) is 0 Å². The van der Waals surface area contributed by atoms with Crippen molar-refractivity contribution in [2.45, 2.75) is 302 Å². The second-order valence-corrected chi connectivity index (χ2v) is 17.9. The predicted octanol–water partition coefficient (Wildman–Crippen LogP) is 15.2. The number of ether oxygens (including phenoxy) is 1. The van der Waals surface area contributed by atoms with Gasteiger partial charge in [-0.2, -0.15) is 0 Å². The van der Waals surface area contributed by atoms with Gasteiger partial charge in [-0.15, -0.1) is 0 Å².